The Hall–Kier alpha value is -0.630. The Kier molecular flexibility index (Phi) is 4.79. The van der Waals surface area contributed by atoms with E-state index in [1.807, 2.05) is 50.7 Å². The van der Waals surface area contributed by atoms with E-state index in [9.17, 15) is 0 Å². The highest BCUT2D eigenvalue weighted by Crippen LogP contribution is 1.96. The van der Waals surface area contributed by atoms with Gasteiger partial charge >= 0.3 is 0 Å². The lowest BCUT2D eigenvalue weighted by molar-refractivity contribution is 0.883. The molecule has 11 heavy (non-hydrogen) atoms. The third-order valence-electron chi connectivity index (χ3n) is 1.26. The second kappa shape index (κ2) is 5.08. The van der Waals surface area contributed by atoms with Crippen LogP contribution in [0.15, 0.2) is 18.3 Å². The van der Waals surface area contributed by atoms with Gasteiger partial charge in [0, 0.05) is 13.2 Å². The van der Waals surface area contributed by atoms with Crippen LogP contribution in [0.3, 0.4) is 0 Å². The zero-order chi connectivity index (χ0) is 8.85. The van der Waals surface area contributed by atoms with E-state index in [0.717, 1.165) is 4.64 Å². The first-order chi connectivity index (χ1) is 5.20. The summed E-state index contributed by atoms with van der Waals surface area (Å²) >= 11 is 5.00. The maximum atomic E-state index is 5.00. The lowest BCUT2D eigenvalue weighted by Gasteiger charge is -1.96. The molecule has 0 spiro atoms. The van der Waals surface area contributed by atoms with Crippen LogP contribution >= 0.6 is 12.2 Å². The third kappa shape index (κ3) is 3.33. The van der Waals surface area contributed by atoms with Gasteiger partial charge < -0.3 is 4.57 Å². The van der Waals surface area contributed by atoms with Crippen LogP contribution in [0, 0.1) is 11.6 Å². The number of hydrogen-bond acceptors (Lipinski definition) is 1. The first-order valence-corrected chi connectivity index (χ1v) is 4.24. The Morgan fingerprint density at radius 3 is 2.27 bits per heavy atom. The van der Waals surface area contributed by atoms with Gasteiger partial charge in [0.25, 0.3) is 0 Å². The van der Waals surface area contributed by atoms with Crippen LogP contribution in [0.2, 0.25) is 0 Å². The summed E-state index contributed by atoms with van der Waals surface area (Å²) in [6.07, 6.45) is 1.97. The van der Waals surface area contributed by atoms with E-state index in [0.29, 0.717) is 0 Å². The zero-order valence-electron chi connectivity index (χ0n) is 7.59. The fourth-order valence-corrected chi connectivity index (χ4v) is 0.894. The molecule has 0 atom stereocenters. The van der Waals surface area contributed by atoms with Crippen LogP contribution in [0.4, 0.5) is 0 Å². The normalized spacial score (nSPS) is 8.36. The van der Waals surface area contributed by atoms with E-state index in [1.165, 1.54) is 5.56 Å². The van der Waals surface area contributed by atoms with Crippen molar-refractivity contribution in [3.8, 4) is 0 Å². The summed E-state index contributed by atoms with van der Waals surface area (Å²) in [5.74, 6) is 0. The van der Waals surface area contributed by atoms with Gasteiger partial charge in [-0.05, 0) is 24.6 Å². The Morgan fingerprint density at radius 2 is 1.91 bits per heavy atom. The number of hydrogen-bond donors (Lipinski definition) is 0. The highest BCUT2D eigenvalue weighted by Gasteiger charge is 1.83. The van der Waals surface area contributed by atoms with Crippen molar-refractivity contribution in [2.45, 2.75) is 20.8 Å². The van der Waals surface area contributed by atoms with E-state index in [2.05, 4.69) is 0 Å². The molecule has 0 bridgehead atoms. The van der Waals surface area contributed by atoms with Gasteiger partial charge in [0.2, 0.25) is 0 Å². The molecule has 0 radical (unpaired) electrons. The number of nitrogens with zero attached hydrogens (tertiary/aromatic N) is 1. The van der Waals surface area contributed by atoms with Crippen molar-refractivity contribution in [2.24, 2.45) is 7.05 Å². The Labute approximate surface area is 73.7 Å². The van der Waals surface area contributed by atoms with Gasteiger partial charge in [-0.15, -0.1) is 0 Å². The van der Waals surface area contributed by atoms with Crippen molar-refractivity contribution in [1.82, 2.24) is 4.57 Å². The molecule has 1 aromatic rings. The van der Waals surface area contributed by atoms with Gasteiger partial charge in [-0.3, -0.25) is 0 Å². The molecule has 0 amide bonds. The van der Waals surface area contributed by atoms with Gasteiger partial charge in [0.05, 0.1) is 0 Å². The third-order valence-corrected chi connectivity index (χ3v) is 1.67. The Balaban J connectivity index is 0.000000461. The summed E-state index contributed by atoms with van der Waals surface area (Å²) in [6.45, 7) is 6.04. The minimum Gasteiger partial charge on any atom is -0.342 e. The van der Waals surface area contributed by atoms with E-state index < -0.39 is 0 Å². The minimum atomic E-state index is 0.884. The standard InChI is InChI=1S/C7H9NS.C2H6/c1-6-3-4-8(2)7(9)5-6;1-2/h3-5H,1-2H3;1-2H3. The molecule has 0 saturated heterocycles. The minimum absolute atomic E-state index is 0.884. The summed E-state index contributed by atoms with van der Waals surface area (Å²) in [4.78, 5) is 0. The molecule has 1 nitrogen and oxygen atoms in total. The van der Waals surface area contributed by atoms with Gasteiger partial charge in [0.15, 0.2) is 0 Å². The first-order valence-electron chi connectivity index (χ1n) is 3.83. The smallest absolute Gasteiger partial charge is 0.105 e. The number of rotatable bonds is 0. The predicted octanol–water partition coefficient (Wildman–Crippen LogP) is 3.09. The molecule has 0 fully saturated rings. The highest BCUT2D eigenvalue weighted by atomic mass is 32.1. The number of aryl methyl sites for hydroxylation is 2. The van der Waals surface area contributed by atoms with Crippen molar-refractivity contribution in [3.05, 3.63) is 28.5 Å². The van der Waals surface area contributed by atoms with Crippen LogP contribution < -0.4 is 0 Å². The zero-order valence-corrected chi connectivity index (χ0v) is 8.40. The van der Waals surface area contributed by atoms with Crippen molar-refractivity contribution in [3.63, 3.8) is 0 Å². The van der Waals surface area contributed by atoms with Crippen molar-refractivity contribution >= 4 is 12.2 Å². The molecule has 0 unspecified atom stereocenters. The SMILES string of the molecule is CC.Cc1ccn(C)c(=S)c1. The summed E-state index contributed by atoms with van der Waals surface area (Å²) in [7, 11) is 1.95. The molecule has 0 aliphatic heterocycles. The van der Waals surface area contributed by atoms with Crippen LogP contribution in [-0.4, -0.2) is 4.57 Å². The summed E-state index contributed by atoms with van der Waals surface area (Å²) in [5.41, 5.74) is 1.22. The maximum Gasteiger partial charge on any atom is 0.105 e. The molecular weight excluding hydrogens is 154 g/mol. The molecule has 1 heterocycles. The number of aromatic nitrogens is 1. The monoisotopic (exact) mass is 169 g/mol. The molecule has 0 aromatic carbocycles. The lowest BCUT2D eigenvalue weighted by atomic mass is 10.3. The van der Waals surface area contributed by atoms with Crippen LogP contribution in [0.5, 0.6) is 0 Å². The van der Waals surface area contributed by atoms with Crippen LogP contribution in [0.25, 0.3) is 0 Å². The molecule has 0 N–H and O–H groups in total. The molecule has 2 heteroatoms. The second-order valence-corrected chi connectivity index (χ2v) is 2.57. The Bertz CT molecular complexity index is 263. The molecule has 0 saturated carbocycles. The van der Waals surface area contributed by atoms with E-state index >= 15 is 0 Å². The topological polar surface area (TPSA) is 4.93 Å². The average Bonchev–Trinajstić information content (AvgIpc) is 2.02. The maximum absolute atomic E-state index is 5.00. The van der Waals surface area contributed by atoms with Crippen LogP contribution in [-0.2, 0) is 7.05 Å². The fourth-order valence-electron chi connectivity index (χ4n) is 0.648. The van der Waals surface area contributed by atoms with Gasteiger partial charge in [-0.25, -0.2) is 0 Å². The molecule has 0 aliphatic rings. The summed E-state index contributed by atoms with van der Waals surface area (Å²) in [6, 6.07) is 4.02. The van der Waals surface area contributed by atoms with E-state index in [4.69, 9.17) is 12.2 Å². The molecule has 62 valence electrons. The molecule has 1 aromatic heterocycles. The molecule has 1 rings (SSSR count). The summed E-state index contributed by atoms with van der Waals surface area (Å²) in [5, 5.41) is 0. The van der Waals surface area contributed by atoms with E-state index in [-0.39, 0.29) is 0 Å². The molecule has 0 aliphatic carbocycles. The number of pyridine rings is 1. The van der Waals surface area contributed by atoms with Crippen molar-refractivity contribution in [1.29, 1.82) is 0 Å². The lowest BCUT2D eigenvalue weighted by Crippen LogP contribution is -1.89. The van der Waals surface area contributed by atoms with Gasteiger partial charge in [-0.1, -0.05) is 26.1 Å². The van der Waals surface area contributed by atoms with E-state index in [1.54, 1.807) is 0 Å². The molecular formula is C9H15NS. The second-order valence-electron chi connectivity index (χ2n) is 2.15. The highest BCUT2D eigenvalue weighted by molar-refractivity contribution is 7.71. The fraction of sp³-hybridized carbons (Fsp3) is 0.444. The largest absolute Gasteiger partial charge is 0.342 e. The Morgan fingerprint density at radius 1 is 1.36 bits per heavy atom. The quantitative estimate of drug-likeness (QED) is 0.540. The van der Waals surface area contributed by atoms with Gasteiger partial charge in [-0.2, -0.15) is 0 Å². The average molecular weight is 169 g/mol. The van der Waals surface area contributed by atoms with Crippen molar-refractivity contribution < 1.29 is 0 Å². The summed E-state index contributed by atoms with van der Waals surface area (Å²) < 4.78 is 2.80. The van der Waals surface area contributed by atoms with Crippen molar-refractivity contribution in [2.75, 3.05) is 0 Å². The van der Waals surface area contributed by atoms with Crippen LogP contribution in [0.1, 0.15) is 19.4 Å². The van der Waals surface area contributed by atoms with Gasteiger partial charge in [0.1, 0.15) is 4.64 Å². The first kappa shape index (κ1) is 10.4. The predicted molar refractivity (Wildman–Crippen MR) is 52.3 cm³/mol.